The minimum absolute atomic E-state index is 0.0642. The molecule has 3 aromatic carbocycles. The molecule has 4 heteroatoms. The van der Waals surface area contributed by atoms with E-state index in [1.165, 1.54) is 15.9 Å². The lowest BCUT2D eigenvalue weighted by molar-refractivity contribution is 0.135. The number of rotatable bonds is 8. The molecule has 0 saturated carbocycles. The zero-order chi connectivity index (χ0) is 25.8. The standard InChI is InChI=1S/C32H40O2SSi/c1-31(2,3)36(28-19-11-7-12-20-28,29-21-13-8-14-22-29)34-24-30-26(16-15-23-32(30,4)5)25-35(33)27-17-9-6-10-18-27/h6-14,16-22,30H,15,23-25H2,1-5H3/t30-,35?/m1/s1. The normalized spacial score (nSPS) is 18.9. The Balaban J connectivity index is 1.71. The summed E-state index contributed by atoms with van der Waals surface area (Å²) in [7, 11) is -3.69. The lowest BCUT2D eigenvalue weighted by Gasteiger charge is -2.46. The van der Waals surface area contributed by atoms with Crippen LogP contribution in [0.1, 0.15) is 47.5 Å². The second kappa shape index (κ2) is 11.0. The molecule has 2 atom stereocenters. The molecule has 0 bridgehead atoms. The Morgan fingerprint density at radius 2 is 1.36 bits per heavy atom. The van der Waals surface area contributed by atoms with Gasteiger partial charge in [0.1, 0.15) is 0 Å². The van der Waals surface area contributed by atoms with E-state index in [1.807, 2.05) is 30.3 Å². The maximum Gasteiger partial charge on any atom is 0.261 e. The third-order valence-corrected chi connectivity index (χ3v) is 14.2. The number of allylic oxidation sites excluding steroid dienone is 1. The molecule has 0 saturated heterocycles. The maximum atomic E-state index is 13.3. The van der Waals surface area contributed by atoms with Crippen LogP contribution in [0.4, 0.5) is 0 Å². The van der Waals surface area contributed by atoms with Gasteiger partial charge in [0.15, 0.2) is 0 Å². The molecule has 36 heavy (non-hydrogen) atoms. The molecule has 0 fully saturated rings. The first-order valence-corrected chi connectivity index (χ1v) is 16.3. The summed E-state index contributed by atoms with van der Waals surface area (Å²) in [5, 5.41) is 2.54. The van der Waals surface area contributed by atoms with E-state index in [4.69, 9.17) is 4.43 Å². The van der Waals surface area contributed by atoms with Crippen molar-refractivity contribution in [3.63, 3.8) is 0 Å². The highest BCUT2D eigenvalue weighted by molar-refractivity contribution is 7.85. The summed E-state index contributed by atoms with van der Waals surface area (Å²) in [6.07, 6.45) is 4.48. The third kappa shape index (κ3) is 5.51. The fraction of sp³-hybridized carbons (Fsp3) is 0.375. The van der Waals surface area contributed by atoms with Gasteiger partial charge in [-0.15, -0.1) is 0 Å². The van der Waals surface area contributed by atoms with Crippen LogP contribution in [0.15, 0.2) is 108 Å². The Morgan fingerprint density at radius 1 is 0.861 bits per heavy atom. The first kappa shape index (κ1) is 26.8. The summed E-state index contributed by atoms with van der Waals surface area (Å²) in [5.74, 6) is 0.794. The largest absolute Gasteiger partial charge is 0.407 e. The maximum absolute atomic E-state index is 13.3. The van der Waals surface area contributed by atoms with Crippen LogP contribution in [0.3, 0.4) is 0 Å². The molecule has 0 spiro atoms. The zero-order valence-corrected chi connectivity index (χ0v) is 24.2. The molecule has 2 nitrogen and oxygen atoms in total. The molecule has 1 unspecified atom stereocenters. The van der Waals surface area contributed by atoms with E-state index < -0.39 is 19.1 Å². The van der Waals surface area contributed by atoms with Gasteiger partial charge in [0.05, 0.1) is 10.8 Å². The second-order valence-corrected chi connectivity index (χ2v) is 17.4. The molecule has 0 aromatic heterocycles. The van der Waals surface area contributed by atoms with Crippen LogP contribution in [-0.4, -0.2) is 24.9 Å². The highest BCUT2D eigenvalue weighted by Crippen LogP contribution is 2.44. The van der Waals surface area contributed by atoms with Gasteiger partial charge >= 0.3 is 0 Å². The van der Waals surface area contributed by atoms with Crippen molar-refractivity contribution in [3.05, 3.63) is 103 Å². The molecule has 190 valence electrons. The van der Waals surface area contributed by atoms with Gasteiger partial charge < -0.3 is 4.43 Å². The van der Waals surface area contributed by atoms with Crippen LogP contribution in [0, 0.1) is 11.3 Å². The van der Waals surface area contributed by atoms with Crippen LogP contribution in [0.2, 0.25) is 5.04 Å². The first-order valence-electron chi connectivity index (χ1n) is 13.0. The summed E-state index contributed by atoms with van der Waals surface area (Å²) in [6.45, 7) is 12.3. The van der Waals surface area contributed by atoms with Gasteiger partial charge in [-0.1, -0.05) is 125 Å². The van der Waals surface area contributed by atoms with Gasteiger partial charge in [-0.25, -0.2) is 0 Å². The van der Waals surface area contributed by atoms with E-state index in [2.05, 4.69) is 101 Å². The first-order chi connectivity index (χ1) is 17.1. The Hall–Kier alpha value is -2.27. The number of hydrogen-bond donors (Lipinski definition) is 0. The molecular formula is C32H40O2SSi. The van der Waals surface area contributed by atoms with Gasteiger partial charge in [-0.3, -0.25) is 4.21 Å². The van der Waals surface area contributed by atoms with E-state index in [1.54, 1.807) is 0 Å². The highest BCUT2D eigenvalue weighted by Gasteiger charge is 2.51. The number of benzene rings is 3. The summed E-state index contributed by atoms with van der Waals surface area (Å²) < 4.78 is 20.7. The van der Waals surface area contributed by atoms with Crippen LogP contribution in [0.5, 0.6) is 0 Å². The van der Waals surface area contributed by atoms with Crippen molar-refractivity contribution in [2.75, 3.05) is 12.4 Å². The summed E-state index contributed by atoms with van der Waals surface area (Å²) >= 11 is 0. The topological polar surface area (TPSA) is 26.3 Å². The molecule has 1 aliphatic carbocycles. The molecule has 1 aliphatic rings. The Bertz CT molecular complexity index is 1140. The Morgan fingerprint density at radius 3 is 1.86 bits per heavy atom. The van der Waals surface area contributed by atoms with Crippen LogP contribution >= 0.6 is 0 Å². The summed E-state index contributed by atoms with van der Waals surface area (Å²) in [6, 6.07) is 31.5. The average Bonchev–Trinajstić information content (AvgIpc) is 2.86. The van der Waals surface area contributed by atoms with Crippen molar-refractivity contribution in [1.82, 2.24) is 0 Å². The molecule has 4 rings (SSSR count). The van der Waals surface area contributed by atoms with Gasteiger partial charge in [-0.2, -0.15) is 0 Å². The number of hydrogen-bond acceptors (Lipinski definition) is 2. The van der Waals surface area contributed by atoms with Crippen molar-refractivity contribution in [2.45, 2.75) is 57.4 Å². The van der Waals surface area contributed by atoms with E-state index in [0.717, 1.165) is 17.7 Å². The second-order valence-electron chi connectivity index (χ2n) is 11.6. The van der Waals surface area contributed by atoms with Crippen molar-refractivity contribution in [2.24, 2.45) is 11.3 Å². The predicted octanol–water partition coefficient (Wildman–Crippen LogP) is 6.73. The SMILES string of the molecule is CC1(C)CCC=C(CS(=O)c2ccccc2)[C@H]1CO[Si](c1ccccc1)(c1ccccc1)C(C)(C)C. The molecule has 0 aliphatic heterocycles. The summed E-state index contributed by atoms with van der Waals surface area (Å²) in [5.41, 5.74) is 1.36. The lowest BCUT2D eigenvalue weighted by atomic mass is 9.69. The van der Waals surface area contributed by atoms with Crippen molar-refractivity contribution in [3.8, 4) is 0 Å². The van der Waals surface area contributed by atoms with Crippen LogP contribution in [0.25, 0.3) is 0 Å². The van der Waals surface area contributed by atoms with Gasteiger partial charge in [-0.05, 0) is 45.8 Å². The molecule has 3 aromatic rings. The molecule has 0 radical (unpaired) electrons. The van der Waals surface area contributed by atoms with E-state index in [9.17, 15) is 4.21 Å². The summed E-state index contributed by atoms with van der Waals surface area (Å²) in [4.78, 5) is 0.897. The van der Waals surface area contributed by atoms with Crippen molar-refractivity contribution in [1.29, 1.82) is 0 Å². The quantitative estimate of drug-likeness (QED) is 0.245. The predicted molar refractivity (Wildman–Crippen MR) is 156 cm³/mol. The third-order valence-electron chi connectivity index (χ3n) is 7.77. The van der Waals surface area contributed by atoms with Gasteiger partial charge in [0, 0.05) is 23.2 Å². The molecular weight excluding hydrogens is 477 g/mol. The monoisotopic (exact) mass is 516 g/mol. The smallest absolute Gasteiger partial charge is 0.261 e. The lowest BCUT2D eigenvalue weighted by Crippen LogP contribution is -2.67. The van der Waals surface area contributed by atoms with Crippen LogP contribution in [-0.2, 0) is 15.2 Å². The fourth-order valence-corrected chi connectivity index (χ4v) is 11.5. The minimum atomic E-state index is -2.63. The molecule has 0 heterocycles. The highest BCUT2D eigenvalue weighted by atomic mass is 32.2. The van der Waals surface area contributed by atoms with E-state index in [-0.39, 0.29) is 16.4 Å². The zero-order valence-electron chi connectivity index (χ0n) is 22.4. The molecule has 0 N–H and O–H groups in total. The van der Waals surface area contributed by atoms with E-state index >= 15 is 0 Å². The average molecular weight is 517 g/mol. The van der Waals surface area contributed by atoms with Crippen LogP contribution < -0.4 is 10.4 Å². The van der Waals surface area contributed by atoms with Crippen molar-refractivity contribution >= 4 is 29.5 Å². The fourth-order valence-electron chi connectivity index (χ4n) is 5.72. The Labute approximate surface area is 221 Å². The minimum Gasteiger partial charge on any atom is -0.407 e. The van der Waals surface area contributed by atoms with Gasteiger partial charge in [0.25, 0.3) is 8.32 Å². The van der Waals surface area contributed by atoms with Crippen molar-refractivity contribution < 1.29 is 8.63 Å². The van der Waals surface area contributed by atoms with E-state index in [0.29, 0.717) is 12.4 Å². The molecule has 0 amide bonds. The van der Waals surface area contributed by atoms with Gasteiger partial charge in [0.2, 0.25) is 0 Å². The Kier molecular flexibility index (Phi) is 8.18.